The van der Waals surface area contributed by atoms with E-state index in [1.54, 1.807) is 12.1 Å². The van der Waals surface area contributed by atoms with Gasteiger partial charge in [0.05, 0.1) is 22.3 Å². The van der Waals surface area contributed by atoms with Crippen LogP contribution in [0.4, 0.5) is 15.3 Å². The number of methoxy groups -OCH3 is 1. The molecule has 2 aliphatic rings. The number of thiazole rings is 1. The third-order valence-corrected chi connectivity index (χ3v) is 7.39. The number of nitrogens with zero attached hydrogens (tertiary/aromatic N) is 4. The number of fused-ring (bicyclic) bond motifs is 4. The second-order valence-corrected chi connectivity index (χ2v) is 9.69. The highest BCUT2D eigenvalue weighted by molar-refractivity contribution is 7.22. The van der Waals surface area contributed by atoms with Crippen LogP contribution in [0.5, 0.6) is 6.01 Å². The third-order valence-electron chi connectivity index (χ3n) is 6.25. The Hall–Kier alpha value is -2.75. The lowest BCUT2D eigenvalue weighted by Gasteiger charge is -2.34. The van der Waals surface area contributed by atoms with E-state index in [-0.39, 0.29) is 22.1 Å². The largest absolute Gasteiger partial charge is 0.467 e. The molecule has 2 saturated heterocycles. The van der Waals surface area contributed by atoms with Crippen LogP contribution in [0.25, 0.3) is 32.2 Å². The summed E-state index contributed by atoms with van der Waals surface area (Å²) in [5.41, 5.74) is 7.54. The van der Waals surface area contributed by atoms with Gasteiger partial charge in [-0.2, -0.15) is 9.97 Å². The molecule has 2 unspecified atom stereocenters. The number of anilines is 2. The Kier molecular flexibility index (Phi) is 4.60. The van der Waals surface area contributed by atoms with Crippen LogP contribution in [0, 0.1) is 5.82 Å². The zero-order valence-corrected chi connectivity index (χ0v) is 18.8. The van der Waals surface area contributed by atoms with Crippen molar-refractivity contribution in [1.29, 1.82) is 0 Å². The summed E-state index contributed by atoms with van der Waals surface area (Å²) in [4.78, 5) is 15.5. The predicted octanol–water partition coefficient (Wildman–Crippen LogP) is 4.23. The Morgan fingerprint density at radius 1 is 1.19 bits per heavy atom. The van der Waals surface area contributed by atoms with Crippen LogP contribution in [0.1, 0.15) is 12.8 Å². The Morgan fingerprint density at radius 3 is 2.72 bits per heavy atom. The van der Waals surface area contributed by atoms with Crippen molar-refractivity contribution in [1.82, 2.24) is 20.3 Å². The average Bonchev–Trinajstić information content (AvgIpc) is 3.33. The molecule has 0 saturated carbocycles. The molecule has 2 aromatic carbocycles. The summed E-state index contributed by atoms with van der Waals surface area (Å²) in [6.07, 6.45) is 2.25. The van der Waals surface area contributed by atoms with Gasteiger partial charge in [0.1, 0.15) is 11.3 Å². The lowest BCUT2D eigenvalue weighted by molar-refractivity contribution is 0.380. The number of aromatic nitrogens is 3. The van der Waals surface area contributed by atoms with Crippen LogP contribution in [0.3, 0.4) is 0 Å². The standard InChI is InChI=1S/C22H20ClFN6OS/c1-31-22-28-19-13(20(29-22)30-8-10-5-6-11(9-30)26-10)7-14(23)16(17(19)24)12-3-2-4-15-18(12)27-21(25)32-15/h2-4,7,10-11,26H,5-6,8-9H2,1H3,(H2,25,27). The SMILES string of the molecule is COc1nc(N2CC3CCC(C2)N3)c2cc(Cl)c(-c3cccc4sc(N)nc34)c(F)c2n1. The van der Waals surface area contributed by atoms with Crippen molar-refractivity contribution >= 4 is 55.0 Å². The van der Waals surface area contributed by atoms with Crippen LogP contribution in [-0.2, 0) is 0 Å². The fourth-order valence-electron chi connectivity index (χ4n) is 4.88. The number of rotatable bonds is 3. The lowest BCUT2D eigenvalue weighted by atomic mass is 10.0. The van der Waals surface area contributed by atoms with Crippen molar-refractivity contribution in [2.45, 2.75) is 24.9 Å². The maximum Gasteiger partial charge on any atom is 0.318 e. The molecule has 7 nitrogen and oxygen atoms in total. The van der Waals surface area contributed by atoms with Crippen LogP contribution in [0.15, 0.2) is 24.3 Å². The van der Waals surface area contributed by atoms with Crippen molar-refractivity contribution in [3.05, 3.63) is 35.1 Å². The van der Waals surface area contributed by atoms with Gasteiger partial charge in [0.15, 0.2) is 10.9 Å². The highest BCUT2D eigenvalue weighted by atomic mass is 35.5. The lowest BCUT2D eigenvalue weighted by Crippen LogP contribution is -2.51. The van der Waals surface area contributed by atoms with E-state index in [1.807, 2.05) is 12.1 Å². The number of hydrogen-bond acceptors (Lipinski definition) is 8. The summed E-state index contributed by atoms with van der Waals surface area (Å²) in [5.74, 6) is 0.125. The Morgan fingerprint density at radius 2 is 1.97 bits per heavy atom. The van der Waals surface area contributed by atoms with Crippen molar-refractivity contribution in [2.24, 2.45) is 0 Å². The molecule has 2 bridgehead atoms. The molecule has 0 radical (unpaired) electrons. The molecule has 10 heteroatoms. The number of nitrogens with two attached hydrogens (primary N) is 1. The van der Waals surface area contributed by atoms with Gasteiger partial charge in [-0.25, -0.2) is 9.37 Å². The molecular weight excluding hydrogens is 451 g/mol. The average molecular weight is 471 g/mol. The van der Waals surface area contributed by atoms with Gasteiger partial charge in [0.2, 0.25) is 0 Å². The van der Waals surface area contributed by atoms with Gasteiger partial charge in [0.25, 0.3) is 0 Å². The Balaban J connectivity index is 1.58. The molecule has 2 aromatic heterocycles. The molecule has 4 aromatic rings. The van der Waals surface area contributed by atoms with Gasteiger partial charge in [0, 0.05) is 41.7 Å². The Labute approximate surface area is 192 Å². The van der Waals surface area contributed by atoms with Crippen LogP contribution in [-0.4, -0.2) is 47.2 Å². The summed E-state index contributed by atoms with van der Waals surface area (Å²) in [6.45, 7) is 1.59. The van der Waals surface area contributed by atoms with Crippen LogP contribution in [0.2, 0.25) is 5.02 Å². The van der Waals surface area contributed by atoms with Crippen molar-refractivity contribution in [3.63, 3.8) is 0 Å². The maximum atomic E-state index is 16.1. The van der Waals surface area contributed by atoms with E-state index in [9.17, 15) is 0 Å². The molecule has 164 valence electrons. The number of ether oxygens (including phenoxy) is 1. The number of halogens is 2. The summed E-state index contributed by atoms with van der Waals surface area (Å²) in [7, 11) is 1.49. The minimum absolute atomic E-state index is 0.127. The number of piperazine rings is 1. The summed E-state index contributed by atoms with van der Waals surface area (Å²) in [6, 6.07) is 8.23. The molecule has 0 spiro atoms. The number of nitrogen functional groups attached to an aromatic ring is 1. The number of nitrogens with one attached hydrogen (secondary N) is 1. The molecule has 6 rings (SSSR count). The van der Waals surface area contributed by atoms with Gasteiger partial charge in [-0.15, -0.1) is 0 Å². The van der Waals surface area contributed by atoms with E-state index in [0.717, 1.165) is 30.6 Å². The van der Waals surface area contributed by atoms with Crippen molar-refractivity contribution in [2.75, 3.05) is 30.8 Å². The maximum absolute atomic E-state index is 16.1. The minimum atomic E-state index is -0.522. The third kappa shape index (κ3) is 3.07. The van der Waals surface area contributed by atoms with Crippen molar-refractivity contribution in [3.8, 4) is 17.1 Å². The normalized spacial score (nSPS) is 20.4. The van der Waals surface area contributed by atoms with Crippen LogP contribution >= 0.6 is 22.9 Å². The van der Waals surface area contributed by atoms with E-state index >= 15 is 4.39 Å². The van der Waals surface area contributed by atoms with Crippen LogP contribution < -0.4 is 20.7 Å². The molecule has 2 fully saturated rings. The van der Waals surface area contributed by atoms with E-state index < -0.39 is 5.82 Å². The van der Waals surface area contributed by atoms with Gasteiger partial charge >= 0.3 is 6.01 Å². The molecule has 32 heavy (non-hydrogen) atoms. The first-order valence-corrected chi connectivity index (χ1v) is 11.6. The predicted molar refractivity (Wildman–Crippen MR) is 126 cm³/mol. The fourth-order valence-corrected chi connectivity index (χ4v) is 5.93. The number of benzene rings is 2. The zero-order chi connectivity index (χ0) is 22.0. The summed E-state index contributed by atoms with van der Waals surface area (Å²) >= 11 is 8.04. The molecule has 2 atom stereocenters. The van der Waals surface area contributed by atoms with E-state index in [1.165, 1.54) is 18.4 Å². The molecule has 2 aliphatic heterocycles. The van der Waals surface area contributed by atoms with E-state index in [0.29, 0.717) is 39.5 Å². The first-order valence-electron chi connectivity index (χ1n) is 10.4. The monoisotopic (exact) mass is 470 g/mol. The van der Waals surface area contributed by atoms with E-state index in [2.05, 4.69) is 25.2 Å². The molecule has 4 heterocycles. The number of para-hydroxylation sites is 1. The fraction of sp³-hybridized carbons (Fsp3) is 0.318. The van der Waals surface area contributed by atoms with Gasteiger partial charge < -0.3 is 20.7 Å². The minimum Gasteiger partial charge on any atom is -0.467 e. The van der Waals surface area contributed by atoms with Gasteiger partial charge in [-0.05, 0) is 25.0 Å². The zero-order valence-electron chi connectivity index (χ0n) is 17.2. The first kappa shape index (κ1) is 19.9. The highest BCUT2D eigenvalue weighted by Crippen LogP contribution is 2.42. The summed E-state index contributed by atoms with van der Waals surface area (Å²) < 4.78 is 22.3. The summed E-state index contributed by atoms with van der Waals surface area (Å²) in [5, 5.41) is 4.88. The second kappa shape index (κ2) is 7.40. The number of hydrogen-bond donors (Lipinski definition) is 2. The van der Waals surface area contributed by atoms with E-state index in [4.69, 9.17) is 22.1 Å². The topological polar surface area (TPSA) is 89.2 Å². The highest BCUT2D eigenvalue weighted by Gasteiger charge is 2.34. The first-order chi connectivity index (χ1) is 15.5. The molecule has 0 aliphatic carbocycles. The smallest absolute Gasteiger partial charge is 0.318 e. The van der Waals surface area contributed by atoms with Gasteiger partial charge in [-0.1, -0.05) is 35.1 Å². The van der Waals surface area contributed by atoms with Crippen molar-refractivity contribution < 1.29 is 9.13 Å². The quantitative estimate of drug-likeness (QED) is 0.463. The molecular formula is C22H20ClFN6OS. The Bertz CT molecular complexity index is 1370. The van der Waals surface area contributed by atoms with Gasteiger partial charge in [-0.3, -0.25) is 0 Å². The molecule has 0 amide bonds. The molecule has 3 N–H and O–H groups in total. The second-order valence-electron chi connectivity index (χ2n) is 8.22.